The van der Waals surface area contributed by atoms with Crippen molar-refractivity contribution >= 4 is 17.4 Å². The molecule has 14 heavy (non-hydrogen) atoms. The molecule has 0 amide bonds. The summed E-state index contributed by atoms with van der Waals surface area (Å²) in [5, 5.41) is 1.09. The van der Waals surface area contributed by atoms with E-state index in [4.69, 9.17) is 5.73 Å². The quantitative estimate of drug-likeness (QED) is 0.599. The summed E-state index contributed by atoms with van der Waals surface area (Å²) in [6.07, 6.45) is 3.85. The molecule has 2 N–H and O–H groups in total. The van der Waals surface area contributed by atoms with Gasteiger partial charge in [-0.1, -0.05) is 19.8 Å². The minimum absolute atomic E-state index is 0.780. The lowest BCUT2D eigenvalue weighted by Crippen LogP contribution is -1.93. The van der Waals surface area contributed by atoms with Gasteiger partial charge >= 0.3 is 0 Å². The number of anilines is 1. The fourth-order valence-corrected chi connectivity index (χ4v) is 2.08. The highest BCUT2D eigenvalue weighted by Gasteiger charge is 1.98. The van der Waals surface area contributed by atoms with Gasteiger partial charge in [-0.3, -0.25) is 0 Å². The monoisotopic (exact) mass is 210 g/mol. The number of hydrogen-bond donors (Lipinski definition) is 1. The van der Waals surface area contributed by atoms with Crippen molar-refractivity contribution in [2.45, 2.75) is 38.1 Å². The highest BCUT2D eigenvalue weighted by Crippen LogP contribution is 2.19. The van der Waals surface area contributed by atoms with Gasteiger partial charge in [-0.2, -0.15) is 0 Å². The number of nitrogens with two attached hydrogens (primary N) is 1. The van der Waals surface area contributed by atoms with Crippen LogP contribution in [0.1, 0.15) is 31.9 Å². The van der Waals surface area contributed by atoms with Crippen LogP contribution in [0.5, 0.6) is 0 Å². The van der Waals surface area contributed by atoms with E-state index in [-0.39, 0.29) is 0 Å². The Morgan fingerprint density at radius 1 is 1.36 bits per heavy atom. The Labute approximate surface area is 90.3 Å². The Bertz CT molecular complexity index is 287. The molecule has 0 atom stereocenters. The van der Waals surface area contributed by atoms with Gasteiger partial charge in [0, 0.05) is 0 Å². The topological polar surface area (TPSA) is 38.9 Å². The summed E-state index contributed by atoms with van der Waals surface area (Å²) in [6.45, 7) is 4.17. The molecule has 1 aromatic heterocycles. The maximum absolute atomic E-state index is 5.69. The normalized spacial score (nSPS) is 10.4. The van der Waals surface area contributed by atoms with Crippen LogP contribution < -0.4 is 5.73 Å². The summed E-state index contributed by atoms with van der Waals surface area (Å²) in [5.74, 6) is 1.16. The Balaban J connectivity index is 2.39. The van der Waals surface area contributed by atoms with Crippen LogP contribution in [-0.2, 0) is 0 Å². The summed E-state index contributed by atoms with van der Waals surface area (Å²) in [5.41, 5.74) is 7.41. The maximum atomic E-state index is 5.69. The van der Waals surface area contributed by atoms with E-state index in [0.717, 1.165) is 22.2 Å². The summed E-state index contributed by atoms with van der Waals surface area (Å²) in [6, 6.07) is 3.93. The number of pyridine rings is 1. The van der Waals surface area contributed by atoms with Crippen LogP contribution in [0, 0.1) is 6.92 Å². The van der Waals surface area contributed by atoms with Crippen LogP contribution in [0.4, 0.5) is 5.69 Å². The van der Waals surface area contributed by atoms with E-state index < -0.39 is 0 Å². The molecular formula is C11H18N2S. The van der Waals surface area contributed by atoms with Crippen LogP contribution >= 0.6 is 11.8 Å². The standard InChI is InChI=1S/C11H18N2S/c1-3-4-5-8-14-11-7-6-10(12)9(2)13-11/h6-7H,3-5,8,12H2,1-2H3. The van der Waals surface area contributed by atoms with Gasteiger partial charge in [-0.15, -0.1) is 11.8 Å². The van der Waals surface area contributed by atoms with Crippen molar-refractivity contribution in [1.29, 1.82) is 0 Å². The molecule has 0 saturated heterocycles. The average Bonchev–Trinajstić information content (AvgIpc) is 2.18. The minimum atomic E-state index is 0.780. The molecule has 1 heterocycles. The second-order valence-corrected chi connectivity index (χ2v) is 4.49. The third-order valence-electron chi connectivity index (χ3n) is 2.10. The summed E-state index contributed by atoms with van der Waals surface area (Å²) in [7, 11) is 0. The number of hydrogen-bond acceptors (Lipinski definition) is 3. The Kier molecular flexibility index (Phi) is 4.80. The van der Waals surface area contributed by atoms with Crippen LogP contribution in [0.25, 0.3) is 0 Å². The third-order valence-corrected chi connectivity index (χ3v) is 3.11. The van der Waals surface area contributed by atoms with Gasteiger partial charge in [0.25, 0.3) is 0 Å². The van der Waals surface area contributed by atoms with Gasteiger partial charge < -0.3 is 5.73 Å². The Morgan fingerprint density at radius 3 is 2.79 bits per heavy atom. The minimum Gasteiger partial charge on any atom is -0.397 e. The average molecular weight is 210 g/mol. The molecule has 0 unspecified atom stereocenters. The van der Waals surface area contributed by atoms with Crippen molar-refractivity contribution in [1.82, 2.24) is 4.98 Å². The smallest absolute Gasteiger partial charge is 0.0964 e. The number of nitrogens with zero attached hydrogens (tertiary/aromatic N) is 1. The summed E-state index contributed by atoms with van der Waals surface area (Å²) in [4.78, 5) is 4.41. The van der Waals surface area contributed by atoms with Gasteiger partial charge in [-0.05, 0) is 31.2 Å². The summed E-state index contributed by atoms with van der Waals surface area (Å²) < 4.78 is 0. The van der Waals surface area contributed by atoms with Crippen molar-refractivity contribution in [3.8, 4) is 0 Å². The fourth-order valence-electron chi connectivity index (χ4n) is 1.16. The molecule has 0 radical (unpaired) electrons. The molecule has 0 fully saturated rings. The zero-order chi connectivity index (χ0) is 10.4. The zero-order valence-electron chi connectivity index (χ0n) is 8.92. The number of aromatic nitrogens is 1. The fraction of sp³-hybridized carbons (Fsp3) is 0.545. The first kappa shape index (κ1) is 11.4. The largest absolute Gasteiger partial charge is 0.397 e. The van der Waals surface area contributed by atoms with Crippen molar-refractivity contribution in [3.05, 3.63) is 17.8 Å². The lowest BCUT2D eigenvalue weighted by molar-refractivity contribution is 0.778. The van der Waals surface area contributed by atoms with E-state index in [2.05, 4.69) is 11.9 Å². The molecule has 0 aliphatic carbocycles. The molecule has 2 nitrogen and oxygen atoms in total. The van der Waals surface area contributed by atoms with E-state index in [1.807, 2.05) is 30.8 Å². The molecule has 0 aliphatic rings. The van der Waals surface area contributed by atoms with Crippen LogP contribution in [-0.4, -0.2) is 10.7 Å². The SMILES string of the molecule is CCCCCSc1ccc(N)c(C)n1. The first-order chi connectivity index (χ1) is 6.74. The third kappa shape index (κ3) is 3.58. The van der Waals surface area contributed by atoms with E-state index >= 15 is 0 Å². The molecular weight excluding hydrogens is 192 g/mol. The number of aryl methyl sites for hydroxylation is 1. The summed E-state index contributed by atoms with van der Waals surface area (Å²) >= 11 is 1.82. The lowest BCUT2D eigenvalue weighted by Gasteiger charge is -2.03. The van der Waals surface area contributed by atoms with E-state index in [0.29, 0.717) is 0 Å². The highest BCUT2D eigenvalue weighted by molar-refractivity contribution is 7.99. The molecule has 0 bridgehead atoms. The first-order valence-corrected chi connectivity index (χ1v) is 6.08. The lowest BCUT2D eigenvalue weighted by atomic mass is 10.3. The van der Waals surface area contributed by atoms with Gasteiger partial charge in [-0.25, -0.2) is 4.98 Å². The van der Waals surface area contributed by atoms with E-state index in [1.165, 1.54) is 19.3 Å². The van der Waals surface area contributed by atoms with E-state index in [1.54, 1.807) is 0 Å². The molecule has 0 aromatic carbocycles. The van der Waals surface area contributed by atoms with Gasteiger partial charge in [0.05, 0.1) is 16.4 Å². The van der Waals surface area contributed by atoms with Gasteiger partial charge in [0.15, 0.2) is 0 Å². The van der Waals surface area contributed by atoms with Crippen LogP contribution in [0.3, 0.4) is 0 Å². The first-order valence-electron chi connectivity index (χ1n) is 5.10. The molecule has 0 aliphatic heterocycles. The predicted molar refractivity (Wildman–Crippen MR) is 63.6 cm³/mol. The Hall–Kier alpha value is -0.700. The van der Waals surface area contributed by atoms with Crippen LogP contribution in [0.15, 0.2) is 17.2 Å². The second kappa shape index (κ2) is 5.91. The maximum Gasteiger partial charge on any atom is 0.0964 e. The molecule has 0 saturated carbocycles. The van der Waals surface area contributed by atoms with Crippen molar-refractivity contribution in [3.63, 3.8) is 0 Å². The second-order valence-electron chi connectivity index (χ2n) is 3.38. The van der Waals surface area contributed by atoms with Crippen molar-refractivity contribution in [2.24, 2.45) is 0 Å². The molecule has 0 spiro atoms. The predicted octanol–water partition coefficient (Wildman–Crippen LogP) is 3.25. The number of rotatable bonds is 5. The Morgan fingerprint density at radius 2 is 2.14 bits per heavy atom. The van der Waals surface area contributed by atoms with Gasteiger partial charge in [0.2, 0.25) is 0 Å². The highest BCUT2D eigenvalue weighted by atomic mass is 32.2. The molecule has 1 aromatic rings. The van der Waals surface area contributed by atoms with Crippen LogP contribution in [0.2, 0.25) is 0 Å². The zero-order valence-corrected chi connectivity index (χ0v) is 9.73. The molecule has 1 rings (SSSR count). The number of unbranched alkanes of at least 4 members (excludes halogenated alkanes) is 2. The molecule has 78 valence electrons. The van der Waals surface area contributed by atoms with Crippen molar-refractivity contribution in [2.75, 3.05) is 11.5 Å². The van der Waals surface area contributed by atoms with Gasteiger partial charge in [0.1, 0.15) is 0 Å². The number of nitrogen functional groups attached to an aromatic ring is 1. The van der Waals surface area contributed by atoms with E-state index in [9.17, 15) is 0 Å². The number of thioether (sulfide) groups is 1. The van der Waals surface area contributed by atoms with Crippen molar-refractivity contribution < 1.29 is 0 Å². The molecule has 3 heteroatoms.